The second-order valence-corrected chi connectivity index (χ2v) is 4.45. The summed E-state index contributed by atoms with van der Waals surface area (Å²) in [6, 6.07) is 9.53. The molecule has 5 heteroatoms. The normalized spacial score (nSPS) is 10.2. The Morgan fingerprint density at radius 2 is 2.26 bits per heavy atom. The molecule has 0 unspecified atom stereocenters. The summed E-state index contributed by atoms with van der Waals surface area (Å²) in [5.41, 5.74) is 1.97. The fourth-order valence-corrected chi connectivity index (χ4v) is 2.16. The van der Waals surface area contributed by atoms with Gasteiger partial charge in [0.1, 0.15) is 17.4 Å². The highest BCUT2D eigenvalue weighted by molar-refractivity contribution is 6.31. The molecule has 0 atom stereocenters. The molecule has 0 fully saturated rings. The van der Waals surface area contributed by atoms with Gasteiger partial charge in [-0.2, -0.15) is 10.4 Å². The summed E-state index contributed by atoms with van der Waals surface area (Å²) in [5.74, 6) is 0.722. The zero-order valence-corrected chi connectivity index (χ0v) is 11.6. The van der Waals surface area contributed by atoms with Gasteiger partial charge in [-0.3, -0.25) is 0 Å². The van der Waals surface area contributed by atoms with Crippen molar-refractivity contribution in [3.05, 3.63) is 40.7 Å². The Kier molecular flexibility index (Phi) is 4.08. The largest absolute Gasteiger partial charge is 0.497 e. The first-order valence-corrected chi connectivity index (χ1v) is 6.41. The first-order chi connectivity index (χ1) is 9.21. The lowest BCUT2D eigenvalue weighted by molar-refractivity contribution is 0.414. The number of aryl methyl sites for hydroxylation is 1. The zero-order chi connectivity index (χ0) is 13.8. The molecule has 2 aromatic rings. The Morgan fingerprint density at radius 3 is 2.89 bits per heavy atom. The summed E-state index contributed by atoms with van der Waals surface area (Å²) < 4.78 is 6.75. The molecule has 0 saturated carbocycles. The average Bonchev–Trinajstić information content (AvgIpc) is 2.75. The van der Waals surface area contributed by atoms with E-state index in [-0.39, 0.29) is 0 Å². The number of benzene rings is 1. The van der Waals surface area contributed by atoms with Gasteiger partial charge in [0.05, 0.1) is 18.5 Å². The Balaban J connectivity index is 2.53. The summed E-state index contributed by atoms with van der Waals surface area (Å²) in [4.78, 5) is 0. The third-order valence-electron chi connectivity index (χ3n) is 2.80. The van der Waals surface area contributed by atoms with Crippen LogP contribution in [0.15, 0.2) is 24.3 Å². The topological polar surface area (TPSA) is 50.8 Å². The number of hydrogen-bond donors (Lipinski definition) is 0. The second-order valence-electron chi connectivity index (χ2n) is 4.09. The molecule has 4 nitrogen and oxygen atoms in total. The Morgan fingerprint density at radius 1 is 1.47 bits per heavy atom. The number of rotatable bonds is 4. The van der Waals surface area contributed by atoms with Crippen LogP contribution in [-0.4, -0.2) is 16.9 Å². The van der Waals surface area contributed by atoms with Crippen molar-refractivity contribution in [1.82, 2.24) is 9.78 Å². The maximum Gasteiger partial charge on any atom is 0.150 e. The molecule has 0 aliphatic rings. The number of ether oxygens (including phenoxy) is 1. The van der Waals surface area contributed by atoms with Crippen LogP contribution in [0.25, 0.3) is 5.69 Å². The predicted molar refractivity (Wildman–Crippen MR) is 73.8 cm³/mol. The highest BCUT2D eigenvalue weighted by Gasteiger charge is 2.16. The Labute approximate surface area is 117 Å². The molecule has 1 aromatic carbocycles. The van der Waals surface area contributed by atoms with Gasteiger partial charge in [-0.15, -0.1) is 0 Å². The number of nitriles is 1. The van der Waals surface area contributed by atoms with Gasteiger partial charge in [-0.05, 0) is 18.6 Å². The van der Waals surface area contributed by atoms with Crippen molar-refractivity contribution in [2.45, 2.75) is 19.8 Å². The maximum atomic E-state index is 9.17. The minimum absolute atomic E-state index is 0.346. The van der Waals surface area contributed by atoms with Crippen LogP contribution < -0.4 is 4.74 Å². The molecule has 98 valence electrons. The van der Waals surface area contributed by atoms with Crippen LogP contribution >= 0.6 is 11.6 Å². The summed E-state index contributed by atoms with van der Waals surface area (Å²) >= 11 is 6.23. The van der Waals surface area contributed by atoms with Gasteiger partial charge in [0, 0.05) is 6.07 Å². The number of halogens is 1. The molecule has 2 rings (SSSR count). The van der Waals surface area contributed by atoms with E-state index in [0.29, 0.717) is 10.7 Å². The average molecular weight is 276 g/mol. The van der Waals surface area contributed by atoms with Crippen LogP contribution in [0, 0.1) is 11.3 Å². The first-order valence-electron chi connectivity index (χ1n) is 6.03. The number of nitrogens with zero attached hydrogens (tertiary/aromatic N) is 3. The van der Waals surface area contributed by atoms with Crippen LogP contribution in [0.3, 0.4) is 0 Å². The SMILES string of the molecule is CCCc1nn(-c2cccc(OC)c2)c(Cl)c1C#N. The molecule has 0 amide bonds. The van der Waals surface area contributed by atoms with Crippen molar-refractivity contribution < 1.29 is 4.74 Å². The lowest BCUT2D eigenvalue weighted by Gasteiger charge is -2.05. The monoisotopic (exact) mass is 275 g/mol. The number of methoxy groups -OCH3 is 1. The standard InChI is InChI=1S/C14H14ClN3O/c1-3-5-13-12(9-16)14(15)18(17-13)10-6-4-7-11(8-10)19-2/h4,6-8H,3,5H2,1-2H3. The molecule has 0 saturated heterocycles. The Bertz CT molecular complexity index is 628. The summed E-state index contributed by atoms with van der Waals surface area (Å²) in [6.07, 6.45) is 1.65. The van der Waals surface area contributed by atoms with E-state index in [0.717, 1.165) is 30.0 Å². The smallest absolute Gasteiger partial charge is 0.150 e. The summed E-state index contributed by atoms with van der Waals surface area (Å²) in [5, 5.41) is 13.9. The lowest BCUT2D eigenvalue weighted by Crippen LogP contribution is -1.98. The highest BCUT2D eigenvalue weighted by Crippen LogP contribution is 2.25. The highest BCUT2D eigenvalue weighted by atomic mass is 35.5. The molecular weight excluding hydrogens is 262 g/mol. The maximum absolute atomic E-state index is 9.17. The van der Waals surface area contributed by atoms with E-state index < -0.39 is 0 Å². The molecule has 0 N–H and O–H groups in total. The van der Waals surface area contributed by atoms with E-state index in [1.54, 1.807) is 11.8 Å². The van der Waals surface area contributed by atoms with Gasteiger partial charge in [0.2, 0.25) is 0 Å². The van der Waals surface area contributed by atoms with Gasteiger partial charge in [0.15, 0.2) is 5.15 Å². The van der Waals surface area contributed by atoms with E-state index in [4.69, 9.17) is 16.3 Å². The van der Waals surface area contributed by atoms with Crippen molar-refractivity contribution in [2.24, 2.45) is 0 Å². The molecule has 0 spiro atoms. The molecule has 1 heterocycles. The van der Waals surface area contributed by atoms with Gasteiger partial charge < -0.3 is 4.74 Å². The van der Waals surface area contributed by atoms with Crippen molar-refractivity contribution in [2.75, 3.05) is 7.11 Å². The quantitative estimate of drug-likeness (QED) is 0.860. The molecular formula is C14H14ClN3O. The van der Waals surface area contributed by atoms with Gasteiger partial charge in [-0.25, -0.2) is 4.68 Å². The van der Waals surface area contributed by atoms with E-state index in [1.807, 2.05) is 31.2 Å². The fraction of sp³-hybridized carbons (Fsp3) is 0.286. The molecule has 0 aliphatic carbocycles. The van der Waals surface area contributed by atoms with E-state index >= 15 is 0 Å². The zero-order valence-electron chi connectivity index (χ0n) is 10.9. The van der Waals surface area contributed by atoms with Gasteiger partial charge in [-0.1, -0.05) is 31.0 Å². The first kappa shape index (κ1) is 13.4. The third-order valence-corrected chi connectivity index (χ3v) is 3.15. The van der Waals surface area contributed by atoms with E-state index in [9.17, 15) is 5.26 Å². The predicted octanol–water partition coefficient (Wildman–Crippen LogP) is 3.36. The van der Waals surface area contributed by atoms with E-state index in [1.165, 1.54) is 0 Å². The van der Waals surface area contributed by atoms with Crippen LogP contribution in [0.1, 0.15) is 24.6 Å². The molecule has 0 bridgehead atoms. The molecule has 1 aromatic heterocycles. The van der Waals surface area contributed by atoms with Gasteiger partial charge in [0.25, 0.3) is 0 Å². The molecule has 19 heavy (non-hydrogen) atoms. The minimum atomic E-state index is 0.346. The minimum Gasteiger partial charge on any atom is -0.497 e. The van der Waals surface area contributed by atoms with Crippen LogP contribution in [0.5, 0.6) is 5.75 Å². The van der Waals surface area contributed by atoms with Crippen LogP contribution in [0.2, 0.25) is 5.15 Å². The van der Waals surface area contributed by atoms with Crippen LogP contribution in [0.4, 0.5) is 0 Å². The van der Waals surface area contributed by atoms with Crippen molar-refractivity contribution >= 4 is 11.6 Å². The molecule has 0 radical (unpaired) electrons. The second kappa shape index (κ2) is 5.77. The number of hydrogen-bond acceptors (Lipinski definition) is 3. The lowest BCUT2D eigenvalue weighted by atomic mass is 10.2. The van der Waals surface area contributed by atoms with Gasteiger partial charge >= 0.3 is 0 Å². The molecule has 0 aliphatic heterocycles. The van der Waals surface area contributed by atoms with Crippen molar-refractivity contribution in [1.29, 1.82) is 5.26 Å². The Hall–Kier alpha value is -1.99. The fourth-order valence-electron chi connectivity index (χ4n) is 1.88. The van der Waals surface area contributed by atoms with Crippen molar-refractivity contribution in [3.8, 4) is 17.5 Å². The third kappa shape index (κ3) is 2.56. The summed E-state index contributed by atoms with van der Waals surface area (Å²) in [7, 11) is 1.60. The van der Waals surface area contributed by atoms with Crippen molar-refractivity contribution in [3.63, 3.8) is 0 Å². The van der Waals surface area contributed by atoms with Crippen LogP contribution in [-0.2, 0) is 6.42 Å². The van der Waals surface area contributed by atoms with E-state index in [2.05, 4.69) is 11.2 Å². The number of aromatic nitrogens is 2. The summed E-state index contributed by atoms with van der Waals surface area (Å²) in [6.45, 7) is 2.04.